The third-order valence-corrected chi connectivity index (χ3v) is 4.17. The average molecular weight is 343 g/mol. The molecule has 6 heteroatoms. The Morgan fingerprint density at radius 3 is 2.29 bits per heavy atom. The quantitative estimate of drug-likeness (QED) is 0.364. The van der Waals surface area contributed by atoms with Gasteiger partial charge in [0, 0.05) is 33.4 Å². The van der Waals surface area contributed by atoms with Gasteiger partial charge in [-0.05, 0) is 42.9 Å². The highest BCUT2D eigenvalue weighted by atomic mass is 32.1. The molecule has 2 amide bonds. The Balaban J connectivity index is 2.38. The predicted octanol–water partition coefficient (Wildman–Crippen LogP) is 2.30. The Labute approximate surface area is 147 Å². The maximum atomic E-state index is 12.7. The van der Waals surface area contributed by atoms with E-state index < -0.39 is 0 Å². The van der Waals surface area contributed by atoms with Crippen LogP contribution in [0.5, 0.6) is 0 Å². The van der Waals surface area contributed by atoms with Gasteiger partial charge < -0.3 is 4.90 Å². The van der Waals surface area contributed by atoms with Crippen molar-refractivity contribution in [1.82, 2.24) is 9.80 Å². The minimum absolute atomic E-state index is 0.102. The number of benzene rings is 1. The summed E-state index contributed by atoms with van der Waals surface area (Å²) in [6.45, 7) is 5.93. The second kappa shape index (κ2) is 6.97. The number of carbonyl (C=O) groups is 2. The van der Waals surface area contributed by atoms with Crippen molar-refractivity contribution in [2.24, 2.45) is 0 Å². The minimum atomic E-state index is -0.389. The molecule has 0 spiro atoms. The Morgan fingerprint density at radius 1 is 1.21 bits per heavy atom. The smallest absolute Gasteiger partial charge is 0.265 e. The van der Waals surface area contributed by atoms with Crippen LogP contribution in [0.4, 0.5) is 5.69 Å². The van der Waals surface area contributed by atoms with Gasteiger partial charge in [0.05, 0.1) is 0 Å². The summed E-state index contributed by atoms with van der Waals surface area (Å²) in [5, 5.41) is 0.202. The third kappa shape index (κ3) is 3.54. The van der Waals surface area contributed by atoms with Gasteiger partial charge >= 0.3 is 0 Å². The van der Waals surface area contributed by atoms with Crippen LogP contribution in [0.3, 0.4) is 0 Å². The van der Waals surface area contributed by atoms with Gasteiger partial charge in [-0.3, -0.25) is 19.4 Å². The predicted molar refractivity (Wildman–Crippen MR) is 101 cm³/mol. The summed E-state index contributed by atoms with van der Waals surface area (Å²) in [5.41, 5.74) is 2.72. The van der Waals surface area contributed by atoms with E-state index in [0.717, 1.165) is 16.8 Å². The average Bonchev–Trinajstić information content (AvgIpc) is 2.54. The maximum Gasteiger partial charge on any atom is 0.265 e. The van der Waals surface area contributed by atoms with E-state index in [9.17, 15) is 9.59 Å². The summed E-state index contributed by atoms with van der Waals surface area (Å²) in [4.78, 5) is 29.8. The van der Waals surface area contributed by atoms with Crippen molar-refractivity contribution in [3.05, 3.63) is 47.6 Å². The first-order chi connectivity index (χ1) is 11.2. The highest BCUT2D eigenvalue weighted by Crippen LogP contribution is 2.21. The number of nitrogens with zero attached hydrogens (tertiary/aromatic N) is 3. The van der Waals surface area contributed by atoms with E-state index in [1.165, 1.54) is 9.80 Å². The zero-order chi connectivity index (χ0) is 18.0. The number of hydrogen-bond acceptors (Lipinski definition) is 4. The van der Waals surface area contributed by atoms with Crippen LogP contribution in [0.15, 0.2) is 42.0 Å². The topological polar surface area (TPSA) is 43.9 Å². The second-order valence-corrected chi connectivity index (χ2v) is 6.40. The lowest BCUT2D eigenvalue weighted by atomic mass is 10.1. The summed E-state index contributed by atoms with van der Waals surface area (Å²) < 4.78 is 0. The van der Waals surface area contributed by atoms with Crippen LogP contribution in [0.25, 0.3) is 6.08 Å². The fourth-order valence-corrected chi connectivity index (χ4v) is 2.57. The van der Waals surface area contributed by atoms with Crippen LogP contribution in [-0.2, 0) is 9.59 Å². The molecule has 1 fully saturated rings. The van der Waals surface area contributed by atoms with Crippen molar-refractivity contribution in [1.29, 1.82) is 0 Å². The summed E-state index contributed by atoms with van der Waals surface area (Å²) >= 11 is 5.22. The molecule has 0 aromatic heterocycles. The highest BCUT2D eigenvalue weighted by molar-refractivity contribution is 7.80. The summed E-state index contributed by atoms with van der Waals surface area (Å²) in [6, 6.07) is 7.62. The van der Waals surface area contributed by atoms with Crippen LogP contribution in [0.2, 0.25) is 0 Å². The van der Waals surface area contributed by atoms with E-state index in [1.807, 2.05) is 50.2 Å². The van der Waals surface area contributed by atoms with Crippen LogP contribution in [0, 0.1) is 0 Å². The van der Waals surface area contributed by atoms with Gasteiger partial charge in [-0.25, -0.2) is 0 Å². The first kappa shape index (κ1) is 17.9. The molecular formula is C18H21N3O2S. The molecule has 0 radical (unpaired) electrons. The zero-order valence-electron chi connectivity index (χ0n) is 14.4. The van der Waals surface area contributed by atoms with Crippen molar-refractivity contribution >= 4 is 40.9 Å². The number of rotatable bonds is 4. The van der Waals surface area contributed by atoms with Gasteiger partial charge in [0.2, 0.25) is 0 Å². The van der Waals surface area contributed by atoms with E-state index in [1.54, 1.807) is 13.1 Å². The van der Waals surface area contributed by atoms with Gasteiger partial charge in [-0.15, -0.1) is 0 Å². The van der Waals surface area contributed by atoms with Gasteiger partial charge in [0.15, 0.2) is 5.11 Å². The molecule has 1 aliphatic heterocycles. The fourth-order valence-electron chi connectivity index (χ4n) is 2.34. The molecule has 0 aliphatic carbocycles. The third-order valence-electron chi connectivity index (χ3n) is 3.68. The molecule has 1 aromatic carbocycles. The molecule has 1 aliphatic rings. The molecule has 1 heterocycles. The summed E-state index contributed by atoms with van der Waals surface area (Å²) in [5.74, 6) is -0.776. The fraction of sp³-hybridized carbons (Fsp3) is 0.278. The van der Waals surface area contributed by atoms with E-state index in [-0.39, 0.29) is 22.5 Å². The SMILES string of the molecule is C=C(C)CN1C(=O)/C(=C\c2ccc(N(C)C)cc2)C(=O)N(C)C1=S. The lowest BCUT2D eigenvalue weighted by Gasteiger charge is -2.34. The van der Waals surface area contributed by atoms with Crippen molar-refractivity contribution in [3.8, 4) is 0 Å². The van der Waals surface area contributed by atoms with E-state index in [4.69, 9.17) is 12.2 Å². The van der Waals surface area contributed by atoms with Crippen molar-refractivity contribution in [2.75, 3.05) is 32.6 Å². The number of anilines is 1. The van der Waals surface area contributed by atoms with Crippen LogP contribution in [-0.4, -0.2) is 54.4 Å². The number of amides is 2. The normalized spacial score (nSPS) is 16.8. The lowest BCUT2D eigenvalue weighted by molar-refractivity contribution is -0.132. The molecule has 0 saturated carbocycles. The van der Waals surface area contributed by atoms with Crippen LogP contribution >= 0.6 is 12.2 Å². The molecule has 1 aromatic rings. The zero-order valence-corrected chi connectivity index (χ0v) is 15.2. The molecular weight excluding hydrogens is 322 g/mol. The number of hydrogen-bond donors (Lipinski definition) is 0. The molecule has 0 N–H and O–H groups in total. The Bertz CT molecular complexity index is 735. The molecule has 24 heavy (non-hydrogen) atoms. The van der Waals surface area contributed by atoms with E-state index in [2.05, 4.69) is 6.58 Å². The summed E-state index contributed by atoms with van der Waals surface area (Å²) in [6.07, 6.45) is 1.60. The van der Waals surface area contributed by atoms with Crippen LogP contribution in [0.1, 0.15) is 12.5 Å². The standard InChI is InChI=1S/C18H21N3O2S/c1-12(2)11-21-17(23)15(16(22)20(5)18(21)24)10-13-6-8-14(9-7-13)19(3)4/h6-10H,1,11H2,2-5H3/b15-10-. The second-order valence-electron chi connectivity index (χ2n) is 6.04. The minimum Gasteiger partial charge on any atom is -0.378 e. The van der Waals surface area contributed by atoms with Gasteiger partial charge in [-0.1, -0.05) is 24.3 Å². The van der Waals surface area contributed by atoms with E-state index >= 15 is 0 Å². The molecule has 2 rings (SSSR count). The first-order valence-electron chi connectivity index (χ1n) is 7.49. The highest BCUT2D eigenvalue weighted by Gasteiger charge is 2.37. The first-order valence-corrected chi connectivity index (χ1v) is 7.90. The molecule has 0 unspecified atom stereocenters. The van der Waals surface area contributed by atoms with Gasteiger partial charge in [0.1, 0.15) is 5.57 Å². The molecule has 0 bridgehead atoms. The summed E-state index contributed by atoms with van der Waals surface area (Å²) in [7, 11) is 5.48. The molecule has 5 nitrogen and oxygen atoms in total. The monoisotopic (exact) mass is 343 g/mol. The van der Waals surface area contributed by atoms with Gasteiger partial charge in [-0.2, -0.15) is 0 Å². The largest absolute Gasteiger partial charge is 0.378 e. The lowest BCUT2D eigenvalue weighted by Crippen LogP contribution is -2.54. The van der Waals surface area contributed by atoms with Crippen molar-refractivity contribution in [2.45, 2.75) is 6.92 Å². The maximum absolute atomic E-state index is 12.7. The van der Waals surface area contributed by atoms with Crippen LogP contribution < -0.4 is 4.90 Å². The number of likely N-dealkylation sites (N-methyl/N-ethyl adjacent to an activating group) is 1. The number of thiocarbonyl (C=S) groups is 1. The van der Waals surface area contributed by atoms with Crippen molar-refractivity contribution < 1.29 is 9.59 Å². The Kier molecular flexibility index (Phi) is 5.19. The molecule has 126 valence electrons. The molecule has 1 saturated heterocycles. The molecule has 0 atom stereocenters. The van der Waals surface area contributed by atoms with Gasteiger partial charge in [0.25, 0.3) is 11.8 Å². The van der Waals surface area contributed by atoms with E-state index in [0.29, 0.717) is 6.54 Å². The number of carbonyl (C=O) groups excluding carboxylic acids is 2. The van der Waals surface area contributed by atoms with Crippen molar-refractivity contribution in [3.63, 3.8) is 0 Å². The Morgan fingerprint density at radius 2 is 1.79 bits per heavy atom. The Hall–Kier alpha value is -2.47.